The molecule has 1 atom stereocenters. The van der Waals surface area contributed by atoms with Gasteiger partial charge >= 0.3 is 6.18 Å². The van der Waals surface area contributed by atoms with Crippen LogP contribution >= 0.6 is 11.8 Å². The first-order valence-corrected chi connectivity index (χ1v) is 12.7. The molecule has 2 rings (SSSR count). The maximum absolute atomic E-state index is 13.3. The number of nitrogens with one attached hydrogen (secondary N) is 2. The van der Waals surface area contributed by atoms with Crippen LogP contribution in [-0.4, -0.2) is 68.2 Å². The zero-order valence-corrected chi connectivity index (χ0v) is 20.8. The molecule has 2 N–H and O–H groups in total. The summed E-state index contributed by atoms with van der Waals surface area (Å²) in [5.74, 6) is -0.621. The lowest BCUT2D eigenvalue weighted by Gasteiger charge is -2.38. The first-order valence-electron chi connectivity index (χ1n) is 10.9. The first-order chi connectivity index (χ1) is 15.8. The van der Waals surface area contributed by atoms with Crippen molar-refractivity contribution < 1.29 is 31.2 Å². The van der Waals surface area contributed by atoms with Crippen molar-refractivity contribution in [1.82, 2.24) is 19.4 Å². The Labute approximate surface area is 203 Å². The number of sulfonamides is 1. The van der Waals surface area contributed by atoms with E-state index in [4.69, 9.17) is 11.8 Å². The van der Waals surface area contributed by atoms with Crippen LogP contribution in [0.1, 0.15) is 38.7 Å². The third-order valence-electron chi connectivity index (χ3n) is 5.71. The van der Waals surface area contributed by atoms with Crippen LogP contribution in [0.4, 0.5) is 13.2 Å². The summed E-state index contributed by atoms with van der Waals surface area (Å²) in [5.41, 5.74) is -1.11. The highest BCUT2D eigenvalue weighted by molar-refractivity contribution is 7.89. The Morgan fingerprint density at radius 2 is 1.85 bits per heavy atom. The molecule has 1 saturated heterocycles. The van der Waals surface area contributed by atoms with Crippen LogP contribution in [0, 0.1) is 5.92 Å². The zero-order valence-electron chi connectivity index (χ0n) is 19.2. The molecule has 0 radical (unpaired) electrons. The lowest BCUT2D eigenvalue weighted by atomic mass is 10.00. The van der Waals surface area contributed by atoms with Gasteiger partial charge in [0.15, 0.2) is 0 Å². The molecule has 34 heavy (non-hydrogen) atoms. The number of nitrogens with zero attached hydrogens (tertiary/aromatic N) is 2. The lowest BCUT2D eigenvalue weighted by Crippen LogP contribution is -2.53. The number of carbonyl (C=O) groups is 2. The van der Waals surface area contributed by atoms with E-state index in [2.05, 4.69) is 5.32 Å². The average molecular weight is 527 g/mol. The number of rotatable bonds is 9. The summed E-state index contributed by atoms with van der Waals surface area (Å²) in [6, 6.07) is 2.30. The minimum Gasteiger partial charge on any atom is -0.341 e. The van der Waals surface area contributed by atoms with Crippen molar-refractivity contribution in [2.45, 2.75) is 56.3 Å². The highest BCUT2D eigenvalue weighted by Gasteiger charge is 2.38. The Hall–Kier alpha value is -1.89. The summed E-state index contributed by atoms with van der Waals surface area (Å²) >= 11 is 5.34. The van der Waals surface area contributed by atoms with Crippen molar-refractivity contribution in [3.05, 3.63) is 29.8 Å². The summed E-state index contributed by atoms with van der Waals surface area (Å²) in [5, 5.41) is 3.00. The molecule has 192 valence electrons. The number of piperidine rings is 1. The number of likely N-dealkylation sites (tertiary alicyclic amines) is 1. The van der Waals surface area contributed by atoms with Crippen molar-refractivity contribution >= 4 is 33.6 Å². The molecule has 8 nitrogen and oxygen atoms in total. The van der Waals surface area contributed by atoms with Gasteiger partial charge in [-0.25, -0.2) is 8.42 Å². The van der Waals surface area contributed by atoms with E-state index in [0.29, 0.717) is 18.4 Å². The molecule has 2 amide bonds. The van der Waals surface area contributed by atoms with Crippen molar-refractivity contribution in [2.75, 3.05) is 26.7 Å². The molecule has 1 aliphatic rings. The van der Waals surface area contributed by atoms with Gasteiger partial charge in [0, 0.05) is 30.9 Å². The summed E-state index contributed by atoms with van der Waals surface area (Å²) in [7, 11) is -2.76. The van der Waals surface area contributed by atoms with Crippen molar-refractivity contribution in [3.8, 4) is 0 Å². The molecule has 1 fully saturated rings. The molecule has 1 aromatic rings. The highest BCUT2D eigenvalue weighted by Crippen LogP contribution is 2.32. The highest BCUT2D eigenvalue weighted by atomic mass is 35.5. The van der Waals surface area contributed by atoms with Crippen LogP contribution in [0.2, 0.25) is 0 Å². The number of hydrogen-bond acceptors (Lipinski definition) is 5. The molecule has 0 aromatic heterocycles. The van der Waals surface area contributed by atoms with E-state index in [0.717, 1.165) is 22.5 Å². The van der Waals surface area contributed by atoms with E-state index in [1.807, 2.05) is 18.7 Å². The van der Waals surface area contributed by atoms with Crippen LogP contribution in [-0.2, 0) is 25.8 Å². The smallest absolute Gasteiger partial charge is 0.341 e. The topological polar surface area (TPSA) is 98.8 Å². The van der Waals surface area contributed by atoms with Crippen LogP contribution in [0.5, 0.6) is 0 Å². The Morgan fingerprint density at radius 1 is 1.24 bits per heavy atom. The first kappa shape index (κ1) is 28.3. The van der Waals surface area contributed by atoms with Crippen molar-refractivity contribution in [3.63, 3.8) is 0 Å². The van der Waals surface area contributed by atoms with Gasteiger partial charge in [-0.05, 0) is 50.4 Å². The fraction of sp³-hybridized carbons (Fsp3) is 0.619. The summed E-state index contributed by atoms with van der Waals surface area (Å²) in [4.78, 5) is 27.7. The molecule has 0 bridgehead atoms. The minimum atomic E-state index is -4.73. The number of hydrogen-bond donors (Lipinski definition) is 2. The van der Waals surface area contributed by atoms with E-state index < -0.39 is 45.2 Å². The van der Waals surface area contributed by atoms with Gasteiger partial charge in [-0.3, -0.25) is 14.4 Å². The maximum Gasteiger partial charge on any atom is 0.416 e. The minimum absolute atomic E-state index is 0.0968. The van der Waals surface area contributed by atoms with Gasteiger partial charge in [-0.2, -0.15) is 17.5 Å². The van der Waals surface area contributed by atoms with Gasteiger partial charge < -0.3 is 10.2 Å². The molecule has 13 heteroatoms. The monoisotopic (exact) mass is 526 g/mol. The molecule has 0 unspecified atom stereocenters. The molecule has 0 aliphatic carbocycles. The molecule has 0 saturated carbocycles. The molecule has 1 aromatic carbocycles. The zero-order chi connectivity index (χ0) is 25.7. The Kier molecular flexibility index (Phi) is 9.75. The summed E-state index contributed by atoms with van der Waals surface area (Å²) < 4.78 is 66.9. The number of amides is 2. The second kappa shape index (κ2) is 11.7. The predicted octanol–water partition coefficient (Wildman–Crippen LogP) is 2.59. The van der Waals surface area contributed by atoms with Gasteiger partial charge in [0.1, 0.15) is 0 Å². The van der Waals surface area contributed by atoms with Gasteiger partial charge in [-0.1, -0.05) is 19.9 Å². The molecule has 1 heterocycles. The number of likely N-dealkylation sites (N-methyl/N-ethyl adjacent to an activating group) is 1. The fourth-order valence-electron chi connectivity index (χ4n) is 3.96. The number of halogens is 4. The molecule has 1 aliphatic heterocycles. The SMILES string of the molecule is CN[C@@H](CC(C)C)C(=O)N1CCC(N(CC(=O)NCl)S(=O)(=O)c2cccc(C(F)(F)F)c2)CC1. The quantitative estimate of drug-likeness (QED) is 0.482. The van der Waals surface area contributed by atoms with E-state index in [1.165, 1.54) is 0 Å². The second-order valence-corrected chi connectivity index (χ2v) is 10.7. The van der Waals surface area contributed by atoms with E-state index in [-0.39, 0.29) is 37.9 Å². The predicted molar refractivity (Wildman–Crippen MR) is 121 cm³/mol. The second-order valence-electron chi connectivity index (χ2n) is 8.62. The number of carbonyl (C=O) groups excluding carboxylic acids is 2. The fourth-order valence-corrected chi connectivity index (χ4v) is 5.71. The van der Waals surface area contributed by atoms with E-state index >= 15 is 0 Å². The molecule has 0 spiro atoms. The van der Waals surface area contributed by atoms with Crippen molar-refractivity contribution in [2.24, 2.45) is 5.92 Å². The van der Waals surface area contributed by atoms with Gasteiger partial charge in [0.2, 0.25) is 21.8 Å². The molecular formula is C21H30ClF3N4O4S. The standard InChI is InChI=1S/C21H30ClF3N4O4S/c1-14(2)11-18(26-3)20(31)28-9-7-16(8-10-28)29(13-19(30)27-22)34(32,33)17-6-4-5-15(12-17)21(23,24)25/h4-6,12,14,16,18,26H,7-11,13H2,1-3H3,(H,27,30)/t18-/m0/s1. The van der Waals surface area contributed by atoms with Crippen molar-refractivity contribution in [1.29, 1.82) is 0 Å². The Morgan fingerprint density at radius 3 is 2.35 bits per heavy atom. The van der Waals surface area contributed by atoms with E-state index in [1.54, 1.807) is 11.9 Å². The Balaban J connectivity index is 2.26. The summed E-state index contributed by atoms with van der Waals surface area (Å²) in [6.07, 6.45) is -3.65. The Bertz CT molecular complexity index is 967. The van der Waals surface area contributed by atoms with E-state index in [9.17, 15) is 31.2 Å². The number of alkyl halides is 3. The van der Waals surface area contributed by atoms with Gasteiger partial charge in [0.05, 0.1) is 23.0 Å². The summed E-state index contributed by atoms with van der Waals surface area (Å²) in [6.45, 7) is 3.84. The molecular weight excluding hydrogens is 497 g/mol. The third-order valence-corrected chi connectivity index (χ3v) is 7.82. The van der Waals surface area contributed by atoms with Crippen LogP contribution in [0.3, 0.4) is 0 Å². The number of benzene rings is 1. The van der Waals surface area contributed by atoms with Gasteiger partial charge in [-0.15, -0.1) is 0 Å². The lowest BCUT2D eigenvalue weighted by molar-refractivity contribution is -0.137. The van der Waals surface area contributed by atoms with Crippen LogP contribution in [0.25, 0.3) is 0 Å². The van der Waals surface area contributed by atoms with Crippen LogP contribution < -0.4 is 10.2 Å². The third kappa shape index (κ3) is 7.06. The van der Waals surface area contributed by atoms with Gasteiger partial charge in [0.25, 0.3) is 0 Å². The average Bonchev–Trinajstić information content (AvgIpc) is 2.79. The maximum atomic E-state index is 13.3. The normalized spacial score (nSPS) is 16.7. The van der Waals surface area contributed by atoms with Crippen LogP contribution in [0.15, 0.2) is 29.2 Å². The largest absolute Gasteiger partial charge is 0.416 e.